The minimum atomic E-state index is -0.528. The van der Waals surface area contributed by atoms with Crippen LogP contribution < -0.4 is 4.74 Å². The van der Waals surface area contributed by atoms with Gasteiger partial charge in [0, 0.05) is 21.3 Å². The molecule has 18 heavy (non-hydrogen) atoms. The van der Waals surface area contributed by atoms with Gasteiger partial charge in [0.2, 0.25) is 0 Å². The molecule has 96 valence electrons. The molecule has 2 rings (SSSR count). The van der Waals surface area contributed by atoms with Gasteiger partial charge in [-0.25, -0.2) is 0 Å². The van der Waals surface area contributed by atoms with Gasteiger partial charge in [0.05, 0.1) is 12.7 Å². The van der Waals surface area contributed by atoms with Crippen LogP contribution >= 0.6 is 27.3 Å². The fourth-order valence-corrected chi connectivity index (χ4v) is 2.76. The SMILES string of the molecule is C[C@@H](O)c1cc(Br)ccc1OCCc1cccs1. The third-order valence-electron chi connectivity index (χ3n) is 2.61. The lowest BCUT2D eigenvalue weighted by atomic mass is 10.1. The van der Waals surface area contributed by atoms with Crippen molar-refractivity contribution in [3.8, 4) is 5.75 Å². The highest BCUT2D eigenvalue weighted by atomic mass is 79.9. The third-order valence-corrected chi connectivity index (χ3v) is 4.04. The van der Waals surface area contributed by atoms with E-state index in [4.69, 9.17) is 4.74 Å². The number of hydrogen-bond acceptors (Lipinski definition) is 3. The first-order valence-electron chi connectivity index (χ1n) is 5.79. The predicted octanol–water partition coefficient (Wildman–Crippen LogP) is 4.19. The topological polar surface area (TPSA) is 29.5 Å². The maximum absolute atomic E-state index is 9.71. The van der Waals surface area contributed by atoms with Crippen LogP contribution in [0.3, 0.4) is 0 Å². The molecule has 2 aromatic rings. The fourth-order valence-electron chi connectivity index (χ4n) is 1.69. The monoisotopic (exact) mass is 326 g/mol. The predicted molar refractivity (Wildman–Crippen MR) is 78.3 cm³/mol. The average molecular weight is 327 g/mol. The van der Waals surface area contributed by atoms with Crippen LogP contribution in [0.1, 0.15) is 23.5 Å². The molecule has 1 aromatic heterocycles. The second-order valence-corrected chi connectivity index (χ2v) is 5.98. The quantitative estimate of drug-likeness (QED) is 0.892. The summed E-state index contributed by atoms with van der Waals surface area (Å²) in [6.07, 6.45) is 0.367. The Morgan fingerprint density at radius 3 is 2.89 bits per heavy atom. The number of aliphatic hydroxyl groups excluding tert-OH is 1. The van der Waals surface area contributed by atoms with Crippen LogP contribution in [0.4, 0.5) is 0 Å². The van der Waals surface area contributed by atoms with E-state index in [0.717, 1.165) is 22.2 Å². The maximum Gasteiger partial charge on any atom is 0.125 e. The molecule has 0 bridgehead atoms. The lowest BCUT2D eigenvalue weighted by Crippen LogP contribution is -2.04. The van der Waals surface area contributed by atoms with Crippen molar-refractivity contribution in [2.45, 2.75) is 19.4 Å². The molecule has 1 N–H and O–H groups in total. The summed E-state index contributed by atoms with van der Waals surface area (Å²) in [7, 11) is 0. The van der Waals surface area contributed by atoms with Crippen molar-refractivity contribution in [3.05, 3.63) is 50.6 Å². The van der Waals surface area contributed by atoms with E-state index in [1.54, 1.807) is 18.3 Å². The van der Waals surface area contributed by atoms with Crippen LogP contribution in [-0.4, -0.2) is 11.7 Å². The fraction of sp³-hybridized carbons (Fsp3) is 0.286. The van der Waals surface area contributed by atoms with Gasteiger partial charge in [0.25, 0.3) is 0 Å². The summed E-state index contributed by atoms with van der Waals surface area (Å²) < 4.78 is 6.70. The lowest BCUT2D eigenvalue weighted by Gasteiger charge is -2.13. The Bertz CT molecular complexity index is 495. The van der Waals surface area contributed by atoms with Crippen molar-refractivity contribution in [2.75, 3.05) is 6.61 Å². The number of halogens is 1. The summed E-state index contributed by atoms with van der Waals surface area (Å²) in [6.45, 7) is 2.37. The Balaban J connectivity index is 2.00. The highest BCUT2D eigenvalue weighted by molar-refractivity contribution is 9.10. The van der Waals surface area contributed by atoms with Crippen molar-refractivity contribution in [1.29, 1.82) is 0 Å². The van der Waals surface area contributed by atoms with E-state index in [2.05, 4.69) is 27.4 Å². The number of thiophene rings is 1. The molecule has 0 saturated carbocycles. The second-order valence-electron chi connectivity index (χ2n) is 4.04. The van der Waals surface area contributed by atoms with Gasteiger partial charge in [-0.1, -0.05) is 22.0 Å². The number of benzene rings is 1. The van der Waals surface area contributed by atoms with Gasteiger partial charge in [0.1, 0.15) is 5.75 Å². The molecule has 0 aliphatic heterocycles. The Morgan fingerprint density at radius 2 is 2.22 bits per heavy atom. The minimum absolute atomic E-state index is 0.528. The zero-order valence-electron chi connectivity index (χ0n) is 10.1. The minimum Gasteiger partial charge on any atom is -0.493 e. The number of rotatable bonds is 5. The van der Waals surface area contributed by atoms with E-state index in [0.29, 0.717) is 6.61 Å². The van der Waals surface area contributed by atoms with E-state index in [9.17, 15) is 5.11 Å². The molecule has 0 radical (unpaired) electrons. The first kappa shape index (κ1) is 13.6. The summed E-state index contributed by atoms with van der Waals surface area (Å²) in [5, 5.41) is 11.8. The van der Waals surface area contributed by atoms with Crippen molar-refractivity contribution in [2.24, 2.45) is 0 Å². The molecule has 0 unspecified atom stereocenters. The normalized spacial score (nSPS) is 12.4. The molecule has 1 heterocycles. The Morgan fingerprint density at radius 1 is 1.39 bits per heavy atom. The summed E-state index contributed by atoms with van der Waals surface area (Å²) in [6, 6.07) is 9.85. The van der Waals surface area contributed by atoms with Crippen LogP contribution in [0.2, 0.25) is 0 Å². The van der Waals surface area contributed by atoms with Crippen LogP contribution in [0, 0.1) is 0 Å². The zero-order chi connectivity index (χ0) is 13.0. The van der Waals surface area contributed by atoms with Crippen molar-refractivity contribution in [1.82, 2.24) is 0 Å². The van der Waals surface area contributed by atoms with E-state index < -0.39 is 6.10 Å². The van der Waals surface area contributed by atoms with Gasteiger partial charge in [-0.2, -0.15) is 0 Å². The van der Waals surface area contributed by atoms with Crippen molar-refractivity contribution in [3.63, 3.8) is 0 Å². The van der Waals surface area contributed by atoms with Gasteiger partial charge in [-0.15, -0.1) is 11.3 Å². The first-order valence-corrected chi connectivity index (χ1v) is 7.47. The van der Waals surface area contributed by atoms with E-state index in [1.807, 2.05) is 24.3 Å². The molecule has 4 heteroatoms. The summed E-state index contributed by atoms with van der Waals surface area (Å²) >= 11 is 5.13. The smallest absolute Gasteiger partial charge is 0.125 e. The molecule has 0 saturated heterocycles. The van der Waals surface area contributed by atoms with Gasteiger partial charge in [0.15, 0.2) is 0 Å². The van der Waals surface area contributed by atoms with E-state index in [-0.39, 0.29) is 0 Å². The number of ether oxygens (including phenoxy) is 1. The first-order chi connectivity index (χ1) is 8.66. The molecule has 0 fully saturated rings. The van der Waals surface area contributed by atoms with Gasteiger partial charge in [-0.3, -0.25) is 0 Å². The molecule has 0 aliphatic carbocycles. The Labute approximate surface area is 119 Å². The third kappa shape index (κ3) is 3.57. The van der Waals surface area contributed by atoms with E-state index in [1.165, 1.54) is 4.88 Å². The Kier molecular flexibility index (Phi) is 4.80. The van der Waals surface area contributed by atoms with Crippen LogP contribution in [-0.2, 0) is 6.42 Å². The summed E-state index contributed by atoms with van der Waals surface area (Å²) in [5.74, 6) is 0.754. The summed E-state index contributed by atoms with van der Waals surface area (Å²) in [4.78, 5) is 1.31. The molecular weight excluding hydrogens is 312 g/mol. The molecule has 0 amide bonds. The van der Waals surface area contributed by atoms with Gasteiger partial charge >= 0.3 is 0 Å². The van der Waals surface area contributed by atoms with Crippen molar-refractivity contribution < 1.29 is 9.84 Å². The highest BCUT2D eigenvalue weighted by Crippen LogP contribution is 2.28. The molecule has 1 atom stereocenters. The number of hydrogen-bond donors (Lipinski definition) is 1. The molecule has 0 aliphatic rings. The lowest BCUT2D eigenvalue weighted by molar-refractivity contribution is 0.191. The molecule has 1 aromatic carbocycles. The van der Waals surface area contributed by atoms with Crippen LogP contribution in [0.15, 0.2) is 40.2 Å². The molecule has 2 nitrogen and oxygen atoms in total. The largest absolute Gasteiger partial charge is 0.493 e. The van der Waals surface area contributed by atoms with Gasteiger partial charge in [-0.05, 0) is 36.6 Å². The molecule has 0 spiro atoms. The number of aliphatic hydroxyl groups is 1. The van der Waals surface area contributed by atoms with Crippen LogP contribution in [0.5, 0.6) is 5.75 Å². The summed E-state index contributed by atoms with van der Waals surface area (Å²) in [5.41, 5.74) is 0.815. The average Bonchev–Trinajstić information content (AvgIpc) is 2.84. The Hall–Kier alpha value is -0.840. The zero-order valence-corrected chi connectivity index (χ0v) is 12.5. The van der Waals surface area contributed by atoms with E-state index >= 15 is 0 Å². The second kappa shape index (κ2) is 6.36. The van der Waals surface area contributed by atoms with Crippen molar-refractivity contribution >= 4 is 27.3 Å². The van der Waals surface area contributed by atoms with Gasteiger partial charge < -0.3 is 9.84 Å². The highest BCUT2D eigenvalue weighted by Gasteiger charge is 2.09. The van der Waals surface area contributed by atoms with Crippen LogP contribution in [0.25, 0.3) is 0 Å². The standard InChI is InChI=1S/C14H15BrO2S/c1-10(16)13-9-11(15)4-5-14(13)17-7-6-12-3-2-8-18-12/h2-5,8-10,16H,6-7H2,1H3/t10-/m1/s1. The molecular formula is C14H15BrO2S. The maximum atomic E-state index is 9.71.